The molecule has 0 aliphatic rings. The molecule has 1 N–H and O–H groups in total. The summed E-state index contributed by atoms with van der Waals surface area (Å²) < 4.78 is 28.2. The molecule has 0 saturated heterocycles. The number of sulfonamides is 1. The number of hydrogen-bond donors (Lipinski definition) is 1. The lowest BCUT2D eigenvalue weighted by Crippen LogP contribution is -2.30. The molecule has 2 aromatic carbocycles. The SMILES string of the molecule is CCN(CC)S(=O)(=O)c1ccc(NN=Cc2c(C)nn(-c3ccccc3)c2Cl)c([N+](=O)[O-])c1. The normalized spacial score (nSPS) is 11.9. The van der Waals surface area contributed by atoms with Crippen LogP contribution in [0.4, 0.5) is 11.4 Å². The number of rotatable bonds is 9. The van der Waals surface area contributed by atoms with Crippen molar-refractivity contribution in [1.29, 1.82) is 0 Å². The van der Waals surface area contributed by atoms with Crippen molar-refractivity contribution in [3.8, 4) is 5.69 Å². The standard InChI is InChI=1S/C21H23ClN6O4S/c1-4-26(5-2)33(31,32)17-11-12-19(20(13-17)28(29)30)24-23-14-18-15(3)25-27(21(18)22)16-9-7-6-8-10-16/h6-14,24H,4-5H2,1-3H3. The lowest BCUT2D eigenvalue weighted by Gasteiger charge is -2.18. The number of aromatic nitrogens is 2. The maximum Gasteiger partial charge on any atom is 0.295 e. The minimum absolute atomic E-state index is 0.0407. The lowest BCUT2D eigenvalue weighted by molar-refractivity contribution is -0.384. The van der Waals surface area contributed by atoms with E-state index in [9.17, 15) is 18.5 Å². The Bertz CT molecular complexity index is 1290. The van der Waals surface area contributed by atoms with E-state index >= 15 is 0 Å². The molecule has 0 aliphatic carbocycles. The van der Waals surface area contributed by atoms with E-state index < -0.39 is 20.6 Å². The highest BCUT2D eigenvalue weighted by Gasteiger charge is 2.25. The van der Waals surface area contributed by atoms with E-state index in [1.807, 2.05) is 30.3 Å². The molecule has 0 unspecified atom stereocenters. The first-order valence-corrected chi connectivity index (χ1v) is 11.9. The molecule has 33 heavy (non-hydrogen) atoms. The van der Waals surface area contributed by atoms with E-state index in [1.165, 1.54) is 22.7 Å². The van der Waals surface area contributed by atoms with Crippen molar-refractivity contribution in [2.75, 3.05) is 18.5 Å². The first-order chi connectivity index (χ1) is 15.7. The molecule has 3 aromatic rings. The molecule has 3 rings (SSSR count). The highest BCUT2D eigenvalue weighted by atomic mass is 35.5. The van der Waals surface area contributed by atoms with Gasteiger partial charge in [0.15, 0.2) is 0 Å². The number of hydrazone groups is 1. The molecule has 0 saturated carbocycles. The number of anilines is 1. The van der Waals surface area contributed by atoms with Gasteiger partial charge < -0.3 is 0 Å². The van der Waals surface area contributed by atoms with Crippen molar-refractivity contribution in [2.24, 2.45) is 5.10 Å². The van der Waals surface area contributed by atoms with Crippen molar-refractivity contribution in [3.63, 3.8) is 0 Å². The van der Waals surface area contributed by atoms with Gasteiger partial charge >= 0.3 is 0 Å². The number of aryl methyl sites for hydroxylation is 1. The molecular formula is C21H23ClN6O4S. The molecule has 0 spiro atoms. The lowest BCUT2D eigenvalue weighted by atomic mass is 10.3. The molecule has 10 nitrogen and oxygen atoms in total. The molecule has 0 bridgehead atoms. The number of nitrogens with zero attached hydrogens (tertiary/aromatic N) is 5. The molecule has 12 heteroatoms. The van der Waals surface area contributed by atoms with Gasteiger partial charge in [-0.05, 0) is 31.2 Å². The minimum atomic E-state index is -3.84. The van der Waals surface area contributed by atoms with Crippen molar-refractivity contribution < 1.29 is 13.3 Å². The number of hydrogen-bond acceptors (Lipinski definition) is 7. The molecular weight excluding hydrogens is 468 g/mol. The van der Waals surface area contributed by atoms with Gasteiger partial charge in [-0.3, -0.25) is 15.5 Å². The maximum atomic E-state index is 12.7. The summed E-state index contributed by atoms with van der Waals surface area (Å²) in [7, 11) is -3.84. The van der Waals surface area contributed by atoms with Crippen molar-refractivity contribution in [1.82, 2.24) is 14.1 Å². The van der Waals surface area contributed by atoms with Crippen LogP contribution in [-0.2, 0) is 10.0 Å². The number of halogens is 1. The zero-order chi connectivity index (χ0) is 24.2. The Morgan fingerprint density at radius 2 is 1.88 bits per heavy atom. The number of nitrogens with one attached hydrogen (secondary N) is 1. The number of nitro groups is 1. The summed E-state index contributed by atoms with van der Waals surface area (Å²) in [6, 6.07) is 13.0. The first-order valence-electron chi connectivity index (χ1n) is 10.1. The summed E-state index contributed by atoms with van der Waals surface area (Å²) in [6.07, 6.45) is 1.41. The van der Waals surface area contributed by atoms with Crippen LogP contribution in [0.2, 0.25) is 5.15 Å². The Hall–Kier alpha value is -3.28. The monoisotopic (exact) mass is 490 g/mol. The summed E-state index contributed by atoms with van der Waals surface area (Å²) in [6.45, 7) is 5.68. The van der Waals surface area contributed by atoms with Crippen LogP contribution in [-0.4, -0.2) is 46.7 Å². The number of para-hydroxylation sites is 1. The molecule has 1 heterocycles. The van der Waals surface area contributed by atoms with Crippen LogP contribution in [0.1, 0.15) is 25.1 Å². The Morgan fingerprint density at radius 3 is 2.48 bits per heavy atom. The minimum Gasteiger partial charge on any atom is -0.272 e. The Morgan fingerprint density at radius 1 is 1.21 bits per heavy atom. The Kier molecular flexibility index (Phi) is 7.46. The third-order valence-electron chi connectivity index (χ3n) is 4.94. The third-order valence-corrected chi connectivity index (χ3v) is 7.35. The first kappa shape index (κ1) is 24.4. The number of benzene rings is 2. The fourth-order valence-corrected chi connectivity index (χ4v) is 4.99. The zero-order valence-corrected chi connectivity index (χ0v) is 19.8. The smallest absolute Gasteiger partial charge is 0.272 e. The van der Waals surface area contributed by atoms with E-state index in [-0.39, 0.29) is 23.7 Å². The second kappa shape index (κ2) is 10.1. The molecule has 0 radical (unpaired) electrons. The average molecular weight is 491 g/mol. The average Bonchev–Trinajstić information content (AvgIpc) is 3.08. The van der Waals surface area contributed by atoms with Crippen LogP contribution >= 0.6 is 11.6 Å². The highest BCUT2D eigenvalue weighted by Crippen LogP contribution is 2.29. The van der Waals surface area contributed by atoms with Crippen LogP contribution in [0, 0.1) is 17.0 Å². The van der Waals surface area contributed by atoms with Gasteiger partial charge in [-0.2, -0.15) is 14.5 Å². The van der Waals surface area contributed by atoms with Gasteiger partial charge in [-0.15, -0.1) is 0 Å². The largest absolute Gasteiger partial charge is 0.295 e. The van der Waals surface area contributed by atoms with Crippen LogP contribution in [0.15, 0.2) is 58.5 Å². The molecule has 0 aliphatic heterocycles. The van der Waals surface area contributed by atoms with Crippen LogP contribution in [0.25, 0.3) is 5.69 Å². The number of nitro benzene ring substituents is 1. The topological polar surface area (TPSA) is 123 Å². The molecule has 1 aromatic heterocycles. The fourth-order valence-electron chi connectivity index (χ4n) is 3.19. The maximum absolute atomic E-state index is 12.7. The summed E-state index contributed by atoms with van der Waals surface area (Å²) >= 11 is 6.46. The zero-order valence-electron chi connectivity index (χ0n) is 18.3. The van der Waals surface area contributed by atoms with Gasteiger partial charge in [-0.1, -0.05) is 43.6 Å². The van der Waals surface area contributed by atoms with Gasteiger partial charge in [0.05, 0.1) is 33.0 Å². The molecule has 0 atom stereocenters. The van der Waals surface area contributed by atoms with Crippen LogP contribution < -0.4 is 5.43 Å². The highest BCUT2D eigenvalue weighted by molar-refractivity contribution is 7.89. The van der Waals surface area contributed by atoms with Crippen molar-refractivity contribution in [3.05, 3.63) is 75.1 Å². The Labute approximate surface area is 196 Å². The van der Waals surface area contributed by atoms with Crippen LogP contribution in [0.5, 0.6) is 0 Å². The quantitative estimate of drug-likeness (QED) is 0.272. The van der Waals surface area contributed by atoms with Gasteiger partial charge in [-0.25, -0.2) is 13.1 Å². The summed E-state index contributed by atoms with van der Waals surface area (Å²) in [5.74, 6) is 0. The summed E-state index contributed by atoms with van der Waals surface area (Å²) in [4.78, 5) is 10.8. The van der Waals surface area contributed by atoms with Gasteiger partial charge in [0.2, 0.25) is 10.0 Å². The van der Waals surface area contributed by atoms with E-state index in [4.69, 9.17) is 11.6 Å². The van der Waals surface area contributed by atoms with Crippen molar-refractivity contribution >= 4 is 39.2 Å². The van der Waals surface area contributed by atoms with E-state index in [0.29, 0.717) is 16.4 Å². The van der Waals surface area contributed by atoms with Gasteiger partial charge in [0.25, 0.3) is 5.69 Å². The second-order valence-electron chi connectivity index (χ2n) is 6.93. The van der Waals surface area contributed by atoms with Gasteiger partial charge in [0.1, 0.15) is 10.8 Å². The van der Waals surface area contributed by atoms with E-state index in [1.54, 1.807) is 25.5 Å². The third kappa shape index (κ3) is 5.05. The van der Waals surface area contributed by atoms with Crippen molar-refractivity contribution in [2.45, 2.75) is 25.7 Å². The van der Waals surface area contributed by atoms with E-state index in [2.05, 4.69) is 15.6 Å². The Balaban J connectivity index is 1.89. The van der Waals surface area contributed by atoms with Crippen LogP contribution in [0.3, 0.4) is 0 Å². The fraction of sp³-hybridized carbons (Fsp3) is 0.238. The second-order valence-corrected chi connectivity index (χ2v) is 9.23. The molecule has 0 amide bonds. The summed E-state index contributed by atoms with van der Waals surface area (Å²) in [5.41, 5.74) is 4.16. The summed E-state index contributed by atoms with van der Waals surface area (Å²) in [5, 5.41) is 20.4. The predicted molar refractivity (Wildman–Crippen MR) is 128 cm³/mol. The van der Waals surface area contributed by atoms with E-state index in [0.717, 1.165) is 11.8 Å². The predicted octanol–water partition coefficient (Wildman–Crippen LogP) is 4.22. The molecule has 174 valence electrons. The molecule has 0 fully saturated rings. The van der Waals surface area contributed by atoms with Gasteiger partial charge in [0, 0.05) is 19.2 Å².